The lowest BCUT2D eigenvalue weighted by molar-refractivity contribution is -0.119. The van der Waals surface area contributed by atoms with Crippen molar-refractivity contribution >= 4 is 51.5 Å². The maximum atomic E-state index is 10.9. The number of nitrogens with one attached hydrogen (secondary N) is 1. The third-order valence-electron chi connectivity index (χ3n) is 2.24. The SMILES string of the molecule is Cl.NCC(=O)NCCc1nc2cc(Cl)ccc2s1. The second-order valence-corrected chi connectivity index (χ2v) is 5.08. The van der Waals surface area contributed by atoms with E-state index in [2.05, 4.69) is 10.3 Å². The van der Waals surface area contributed by atoms with Crippen molar-refractivity contribution < 1.29 is 4.79 Å². The van der Waals surface area contributed by atoms with Crippen LogP contribution in [0.1, 0.15) is 5.01 Å². The van der Waals surface area contributed by atoms with Crippen LogP contribution in [-0.4, -0.2) is 24.0 Å². The number of rotatable bonds is 4. The maximum Gasteiger partial charge on any atom is 0.233 e. The lowest BCUT2D eigenvalue weighted by atomic mass is 10.3. The summed E-state index contributed by atoms with van der Waals surface area (Å²) in [6.07, 6.45) is 0.711. The number of aromatic nitrogens is 1. The summed E-state index contributed by atoms with van der Waals surface area (Å²) in [5.74, 6) is -0.144. The third kappa shape index (κ3) is 3.81. The summed E-state index contributed by atoms with van der Waals surface area (Å²) in [7, 11) is 0. The van der Waals surface area contributed by atoms with Crippen molar-refractivity contribution in [3.63, 3.8) is 0 Å². The predicted octanol–water partition coefficient (Wildman–Crippen LogP) is 1.99. The van der Waals surface area contributed by atoms with Gasteiger partial charge in [0.25, 0.3) is 0 Å². The number of carbonyl (C=O) groups excluding carboxylic acids is 1. The van der Waals surface area contributed by atoms with Gasteiger partial charge in [-0.05, 0) is 18.2 Å². The highest BCUT2D eigenvalue weighted by atomic mass is 35.5. The first-order valence-corrected chi connectivity index (χ1v) is 6.40. The van der Waals surface area contributed by atoms with Gasteiger partial charge in [-0.3, -0.25) is 4.79 Å². The molecule has 0 bridgehead atoms. The molecule has 0 radical (unpaired) electrons. The molecule has 4 nitrogen and oxygen atoms in total. The van der Waals surface area contributed by atoms with E-state index in [0.29, 0.717) is 18.0 Å². The summed E-state index contributed by atoms with van der Waals surface area (Å²) in [6.45, 7) is 0.582. The van der Waals surface area contributed by atoms with Gasteiger partial charge in [0.1, 0.15) is 0 Å². The smallest absolute Gasteiger partial charge is 0.233 e. The largest absolute Gasteiger partial charge is 0.355 e. The first-order chi connectivity index (χ1) is 8.19. The second-order valence-electron chi connectivity index (χ2n) is 3.52. The van der Waals surface area contributed by atoms with E-state index in [-0.39, 0.29) is 24.9 Å². The first kappa shape index (κ1) is 15.2. The van der Waals surface area contributed by atoms with Crippen molar-refractivity contribution in [2.24, 2.45) is 5.73 Å². The Hall–Kier alpha value is -0.880. The number of carbonyl (C=O) groups is 1. The molecule has 1 aromatic carbocycles. The molecule has 0 aliphatic heterocycles. The number of fused-ring (bicyclic) bond motifs is 1. The number of hydrogen-bond donors (Lipinski definition) is 2. The van der Waals surface area contributed by atoms with Crippen molar-refractivity contribution in [2.45, 2.75) is 6.42 Å². The quantitative estimate of drug-likeness (QED) is 0.907. The third-order valence-corrected chi connectivity index (χ3v) is 3.57. The minimum absolute atomic E-state index is 0. The standard InChI is InChI=1S/C11H12ClN3OS.ClH/c12-7-1-2-9-8(5-7)15-11(17-9)3-4-14-10(16)6-13;/h1-2,5H,3-4,6,13H2,(H,14,16);1H. The van der Waals surface area contributed by atoms with E-state index in [0.717, 1.165) is 15.2 Å². The average Bonchev–Trinajstić information content (AvgIpc) is 2.70. The Morgan fingerprint density at radius 1 is 1.50 bits per heavy atom. The van der Waals surface area contributed by atoms with E-state index in [1.165, 1.54) is 0 Å². The van der Waals surface area contributed by atoms with Gasteiger partial charge >= 0.3 is 0 Å². The van der Waals surface area contributed by atoms with Crippen LogP contribution in [0, 0.1) is 0 Å². The van der Waals surface area contributed by atoms with Crippen molar-refractivity contribution in [1.82, 2.24) is 10.3 Å². The Labute approximate surface area is 120 Å². The maximum absolute atomic E-state index is 10.9. The summed E-state index contributed by atoms with van der Waals surface area (Å²) in [4.78, 5) is 15.4. The zero-order valence-corrected chi connectivity index (χ0v) is 11.9. The zero-order chi connectivity index (χ0) is 12.3. The fourth-order valence-electron chi connectivity index (χ4n) is 1.44. The van der Waals surface area contributed by atoms with Crippen LogP contribution in [0.2, 0.25) is 5.02 Å². The lowest BCUT2D eigenvalue weighted by Gasteiger charge is -1.99. The molecule has 0 saturated carbocycles. The van der Waals surface area contributed by atoms with Crippen molar-refractivity contribution in [3.8, 4) is 0 Å². The Bertz CT molecular complexity index is 544. The van der Waals surface area contributed by atoms with Crippen molar-refractivity contribution in [3.05, 3.63) is 28.2 Å². The molecule has 0 fully saturated rings. The molecule has 1 amide bonds. The van der Waals surface area contributed by atoms with Crippen LogP contribution in [0.25, 0.3) is 10.2 Å². The second kappa shape index (κ2) is 6.89. The molecule has 0 atom stereocenters. The highest BCUT2D eigenvalue weighted by molar-refractivity contribution is 7.18. The van der Waals surface area contributed by atoms with E-state index < -0.39 is 0 Å². The molecule has 0 spiro atoms. The molecule has 18 heavy (non-hydrogen) atoms. The first-order valence-electron chi connectivity index (χ1n) is 5.21. The Balaban J connectivity index is 0.00000162. The van der Waals surface area contributed by atoms with Gasteiger partial charge in [-0.15, -0.1) is 23.7 Å². The number of nitrogens with zero attached hydrogens (tertiary/aromatic N) is 1. The number of thiazole rings is 1. The molecule has 2 aromatic rings. The summed E-state index contributed by atoms with van der Waals surface area (Å²) >= 11 is 7.50. The highest BCUT2D eigenvalue weighted by Crippen LogP contribution is 2.24. The molecule has 1 aromatic heterocycles. The number of halogens is 2. The lowest BCUT2D eigenvalue weighted by Crippen LogP contribution is -2.31. The molecular formula is C11H13Cl2N3OS. The molecule has 0 aliphatic rings. The van der Waals surface area contributed by atoms with E-state index in [4.69, 9.17) is 17.3 Å². The van der Waals surface area contributed by atoms with Gasteiger partial charge in [-0.2, -0.15) is 0 Å². The van der Waals surface area contributed by atoms with Gasteiger partial charge < -0.3 is 11.1 Å². The Kier molecular flexibility index (Phi) is 5.81. The minimum atomic E-state index is -0.144. The molecule has 0 aliphatic carbocycles. The summed E-state index contributed by atoms with van der Waals surface area (Å²) < 4.78 is 1.11. The van der Waals surface area contributed by atoms with E-state index in [9.17, 15) is 4.79 Å². The van der Waals surface area contributed by atoms with E-state index in [1.807, 2.05) is 18.2 Å². The van der Waals surface area contributed by atoms with Crippen LogP contribution >= 0.6 is 35.3 Å². The molecule has 3 N–H and O–H groups in total. The number of amides is 1. The van der Waals surface area contributed by atoms with Crippen molar-refractivity contribution in [2.75, 3.05) is 13.1 Å². The average molecular weight is 306 g/mol. The van der Waals surface area contributed by atoms with Crippen LogP contribution in [0.5, 0.6) is 0 Å². The summed E-state index contributed by atoms with van der Waals surface area (Å²) in [5.41, 5.74) is 6.09. The van der Waals surface area contributed by atoms with E-state index >= 15 is 0 Å². The summed E-state index contributed by atoms with van der Waals surface area (Å²) in [5, 5.41) is 4.38. The van der Waals surface area contributed by atoms with Gasteiger partial charge in [-0.25, -0.2) is 4.98 Å². The van der Waals surface area contributed by atoms with Crippen LogP contribution < -0.4 is 11.1 Å². The van der Waals surface area contributed by atoms with Crippen LogP contribution in [-0.2, 0) is 11.2 Å². The Morgan fingerprint density at radius 2 is 2.28 bits per heavy atom. The molecule has 7 heteroatoms. The fourth-order valence-corrected chi connectivity index (χ4v) is 2.55. The van der Waals surface area contributed by atoms with Gasteiger partial charge in [-0.1, -0.05) is 11.6 Å². The molecule has 0 saturated heterocycles. The predicted molar refractivity (Wildman–Crippen MR) is 77.6 cm³/mol. The van der Waals surface area contributed by atoms with E-state index in [1.54, 1.807) is 11.3 Å². The fraction of sp³-hybridized carbons (Fsp3) is 0.273. The zero-order valence-electron chi connectivity index (χ0n) is 9.48. The van der Waals surface area contributed by atoms with Crippen LogP contribution in [0.3, 0.4) is 0 Å². The van der Waals surface area contributed by atoms with Gasteiger partial charge in [0.15, 0.2) is 0 Å². The van der Waals surface area contributed by atoms with Crippen molar-refractivity contribution in [1.29, 1.82) is 0 Å². The molecule has 98 valence electrons. The molecule has 2 rings (SSSR count). The van der Waals surface area contributed by atoms with Gasteiger partial charge in [0.05, 0.1) is 21.8 Å². The summed E-state index contributed by atoms with van der Waals surface area (Å²) in [6, 6.07) is 5.65. The molecule has 0 unspecified atom stereocenters. The monoisotopic (exact) mass is 305 g/mol. The highest BCUT2D eigenvalue weighted by Gasteiger charge is 2.04. The topological polar surface area (TPSA) is 68.0 Å². The van der Waals surface area contributed by atoms with Gasteiger partial charge in [0, 0.05) is 18.0 Å². The number of hydrogen-bond acceptors (Lipinski definition) is 4. The van der Waals surface area contributed by atoms with Gasteiger partial charge in [0.2, 0.25) is 5.91 Å². The van der Waals surface area contributed by atoms with Crippen LogP contribution in [0.4, 0.5) is 0 Å². The number of nitrogens with two attached hydrogens (primary N) is 1. The minimum Gasteiger partial charge on any atom is -0.355 e. The van der Waals surface area contributed by atoms with Crippen LogP contribution in [0.15, 0.2) is 18.2 Å². The number of benzene rings is 1. The normalized spacial score (nSPS) is 10.1. The Morgan fingerprint density at radius 3 is 3.00 bits per heavy atom. The molecule has 1 heterocycles. The molecular weight excluding hydrogens is 293 g/mol.